The van der Waals surface area contributed by atoms with Gasteiger partial charge in [-0.3, -0.25) is 4.98 Å². The van der Waals surface area contributed by atoms with Gasteiger partial charge in [0.05, 0.1) is 22.7 Å². The summed E-state index contributed by atoms with van der Waals surface area (Å²) < 4.78 is 6.49. The van der Waals surface area contributed by atoms with Crippen LogP contribution in [0, 0.1) is 0 Å². The topological polar surface area (TPSA) is 39.2 Å². The van der Waals surface area contributed by atoms with Crippen molar-refractivity contribution in [3.63, 3.8) is 0 Å². The SMILES string of the molecule is CCCCCOC(=O)c1ccc(-c2cc3ccccc3s2)nc1. The molecule has 0 saturated heterocycles. The number of pyridine rings is 1. The Kier molecular flexibility index (Phi) is 5.03. The summed E-state index contributed by atoms with van der Waals surface area (Å²) in [5, 5.41) is 1.22. The highest BCUT2D eigenvalue weighted by Crippen LogP contribution is 2.32. The van der Waals surface area contributed by atoms with Crippen LogP contribution in [0.4, 0.5) is 0 Å². The fourth-order valence-corrected chi connectivity index (χ4v) is 3.41. The first-order valence-corrected chi connectivity index (χ1v) is 8.71. The highest BCUT2D eigenvalue weighted by Gasteiger charge is 2.10. The van der Waals surface area contributed by atoms with Crippen LogP contribution in [0.25, 0.3) is 20.7 Å². The maximum Gasteiger partial charge on any atom is 0.339 e. The molecule has 0 atom stereocenters. The number of carbonyl (C=O) groups excluding carboxylic acids is 1. The lowest BCUT2D eigenvalue weighted by molar-refractivity contribution is 0.0497. The Morgan fingerprint density at radius 3 is 2.78 bits per heavy atom. The Morgan fingerprint density at radius 2 is 2.04 bits per heavy atom. The van der Waals surface area contributed by atoms with E-state index in [2.05, 4.69) is 30.1 Å². The second-order valence-corrected chi connectivity index (χ2v) is 6.51. The lowest BCUT2D eigenvalue weighted by Crippen LogP contribution is -2.06. The van der Waals surface area contributed by atoms with Crippen molar-refractivity contribution in [3.05, 3.63) is 54.2 Å². The molecule has 0 aliphatic rings. The fraction of sp³-hybridized carbons (Fsp3) is 0.263. The molecule has 118 valence electrons. The van der Waals surface area contributed by atoms with E-state index >= 15 is 0 Å². The van der Waals surface area contributed by atoms with E-state index in [9.17, 15) is 4.79 Å². The van der Waals surface area contributed by atoms with Crippen molar-refractivity contribution in [1.29, 1.82) is 0 Å². The van der Waals surface area contributed by atoms with Crippen LogP contribution < -0.4 is 0 Å². The van der Waals surface area contributed by atoms with Gasteiger partial charge in [0.2, 0.25) is 0 Å². The predicted octanol–water partition coefficient (Wildman–Crippen LogP) is 5.31. The maximum atomic E-state index is 11.9. The third kappa shape index (κ3) is 3.77. The number of esters is 1. The van der Waals surface area contributed by atoms with Gasteiger partial charge in [-0.1, -0.05) is 38.0 Å². The molecule has 0 radical (unpaired) electrons. The highest BCUT2D eigenvalue weighted by atomic mass is 32.1. The first kappa shape index (κ1) is 15.7. The number of nitrogens with zero attached hydrogens (tertiary/aromatic N) is 1. The van der Waals surface area contributed by atoms with Crippen LogP contribution in [0.3, 0.4) is 0 Å². The van der Waals surface area contributed by atoms with Crippen molar-refractivity contribution >= 4 is 27.4 Å². The van der Waals surface area contributed by atoms with Crippen LogP contribution in [-0.2, 0) is 4.74 Å². The molecule has 0 spiro atoms. The van der Waals surface area contributed by atoms with Crippen molar-refractivity contribution in [3.8, 4) is 10.6 Å². The predicted molar refractivity (Wildman–Crippen MR) is 94.9 cm³/mol. The van der Waals surface area contributed by atoms with E-state index in [1.165, 1.54) is 10.1 Å². The third-order valence-corrected chi connectivity index (χ3v) is 4.80. The van der Waals surface area contributed by atoms with Crippen molar-refractivity contribution in [2.75, 3.05) is 6.61 Å². The van der Waals surface area contributed by atoms with E-state index in [1.54, 1.807) is 23.6 Å². The molecular weight excluding hydrogens is 306 g/mol. The summed E-state index contributed by atoms with van der Waals surface area (Å²) in [5.41, 5.74) is 1.39. The molecule has 23 heavy (non-hydrogen) atoms. The summed E-state index contributed by atoms with van der Waals surface area (Å²) in [6, 6.07) is 14.1. The van der Waals surface area contributed by atoms with Gasteiger partial charge in [-0.15, -0.1) is 11.3 Å². The minimum Gasteiger partial charge on any atom is -0.462 e. The number of carbonyl (C=O) groups is 1. The molecule has 1 aromatic carbocycles. The highest BCUT2D eigenvalue weighted by molar-refractivity contribution is 7.22. The minimum atomic E-state index is -0.295. The molecule has 3 aromatic rings. The molecule has 0 N–H and O–H groups in total. The summed E-state index contributed by atoms with van der Waals surface area (Å²) in [6.07, 6.45) is 4.71. The van der Waals surface area contributed by atoms with Gasteiger partial charge in [-0.05, 0) is 36.1 Å². The molecule has 4 heteroatoms. The summed E-state index contributed by atoms with van der Waals surface area (Å²) in [4.78, 5) is 17.5. The smallest absolute Gasteiger partial charge is 0.339 e. The zero-order valence-electron chi connectivity index (χ0n) is 13.1. The number of aromatic nitrogens is 1. The van der Waals surface area contributed by atoms with Crippen LogP contribution in [0.1, 0.15) is 36.5 Å². The van der Waals surface area contributed by atoms with E-state index in [0.29, 0.717) is 12.2 Å². The number of rotatable bonds is 6. The summed E-state index contributed by atoms with van der Waals surface area (Å²) >= 11 is 1.71. The molecule has 2 heterocycles. The van der Waals surface area contributed by atoms with E-state index in [0.717, 1.165) is 29.8 Å². The molecule has 3 nitrogen and oxygen atoms in total. The average Bonchev–Trinajstić information content (AvgIpc) is 3.03. The summed E-state index contributed by atoms with van der Waals surface area (Å²) in [6.45, 7) is 2.60. The van der Waals surface area contributed by atoms with Gasteiger partial charge in [0.1, 0.15) is 0 Å². The number of fused-ring (bicyclic) bond motifs is 1. The zero-order valence-corrected chi connectivity index (χ0v) is 13.9. The van der Waals surface area contributed by atoms with Crippen LogP contribution in [0.2, 0.25) is 0 Å². The van der Waals surface area contributed by atoms with E-state index in [4.69, 9.17) is 4.74 Å². The Bertz CT molecular complexity index is 759. The second kappa shape index (κ2) is 7.38. The van der Waals surface area contributed by atoms with Crippen LogP contribution in [0.15, 0.2) is 48.7 Å². The maximum absolute atomic E-state index is 11.9. The van der Waals surface area contributed by atoms with Gasteiger partial charge in [0.25, 0.3) is 0 Å². The Balaban J connectivity index is 1.70. The first-order chi connectivity index (χ1) is 11.3. The number of thiophene rings is 1. The van der Waals surface area contributed by atoms with Gasteiger partial charge < -0.3 is 4.74 Å². The van der Waals surface area contributed by atoms with E-state index < -0.39 is 0 Å². The summed E-state index contributed by atoms with van der Waals surface area (Å²) in [7, 11) is 0. The number of hydrogen-bond acceptors (Lipinski definition) is 4. The van der Waals surface area contributed by atoms with Gasteiger partial charge in [-0.2, -0.15) is 0 Å². The minimum absolute atomic E-state index is 0.295. The van der Waals surface area contributed by atoms with Crippen LogP contribution in [-0.4, -0.2) is 17.6 Å². The monoisotopic (exact) mass is 325 g/mol. The molecule has 0 unspecified atom stereocenters. The Hall–Kier alpha value is -2.20. The van der Waals surface area contributed by atoms with Gasteiger partial charge in [-0.25, -0.2) is 4.79 Å². The van der Waals surface area contributed by atoms with Crippen molar-refractivity contribution < 1.29 is 9.53 Å². The number of benzene rings is 1. The molecule has 3 rings (SSSR count). The van der Waals surface area contributed by atoms with E-state index in [-0.39, 0.29) is 5.97 Å². The first-order valence-electron chi connectivity index (χ1n) is 7.90. The molecular formula is C19H19NO2S. The zero-order chi connectivity index (χ0) is 16.1. The molecule has 2 aromatic heterocycles. The van der Waals surface area contributed by atoms with Gasteiger partial charge in [0.15, 0.2) is 0 Å². The number of unbranched alkanes of at least 4 members (excludes halogenated alkanes) is 2. The summed E-state index contributed by atoms with van der Waals surface area (Å²) in [5.74, 6) is -0.295. The molecule has 0 aliphatic heterocycles. The van der Waals surface area contributed by atoms with Crippen LogP contribution >= 0.6 is 11.3 Å². The molecule has 0 fully saturated rings. The van der Waals surface area contributed by atoms with Crippen LogP contribution in [0.5, 0.6) is 0 Å². The average molecular weight is 325 g/mol. The quantitative estimate of drug-likeness (QED) is 0.455. The van der Waals surface area contributed by atoms with Crippen molar-refractivity contribution in [2.24, 2.45) is 0 Å². The Morgan fingerprint density at radius 1 is 1.17 bits per heavy atom. The lowest BCUT2D eigenvalue weighted by atomic mass is 10.2. The molecule has 0 amide bonds. The molecule has 0 bridgehead atoms. The second-order valence-electron chi connectivity index (χ2n) is 5.42. The van der Waals surface area contributed by atoms with Crippen molar-refractivity contribution in [2.45, 2.75) is 26.2 Å². The van der Waals surface area contributed by atoms with Gasteiger partial charge >= 0.3 is 5.97 Å². The lowest BCUT2D eigenvalue weighted by Gasteiger charge is -2.04. The standard InChI is InChI=1S/C19H19NO2S/c1-2-3-6-11-22-19(21)15-9-10-16(20-13-15)18-12-14-7-4-5-8-17(14)23-18/h4-5,7-10,12-13H,2-3,6,11H2,1H3. The Labute approximate surface area is 139 Å². The third-order valence-electron chi connectivity index (χ3n) is 3.66. The fourth-order valence-electron chi connectivity index (χ4n) is 2.37. The molecule has 0 aliphatic carbocycles. The van der Waals surface area contributed by atoms with Gasteiger partial charge in [0, 0.05) is 10.9 Å². The normalized spacial score (nSPS) is 10.8. The number of ether oxygens (including phenoxy) is 1. The molecule has 0 saturated carbocycles. The van der Waals surface area contributed by atoms with E-state index in [1.807, 2.05) is 18.2 Å². The van der Waals surface area contributed by atoms with Crippen molar-refractivity contribution in [1.82, 2.24) is 4.98 Å². The largest absolute Gasteiger partial charge is 0.462 e. The number of hydrogen-bond donors (Lipinski definition) is 0.